The van der Waals surface area contributed by atoms with Gasteiger partial charge >= 0.3 is 0 Å². The van der Waals surface area contributed by atoms with Gasteiger partial charge in [0.15, 0.2) is 0 Å². The molecule has 3 N–H and O–H groups in total. The Bertz CT molecular complexity index is 382. The van der Waals surface area contributed by atoms with Crippen molar-refractivity contribution < 1.29 is 5.11 Å². The second-order valence-electron chi connectivity index (χ2n) is 5.27. The summed E-state index contributed by atoms with van der Waals surface area (Å²) in [6, 6.07) is 8.35. The van der Waals surface area contributed by atoms with Crippen LogP contribution in [-0.2, 0) is 0 Å². The highest BCUT2D eigenvalue weighted by Crippen LogP contribution is 2.27. The first kappa shape index (κ1) is 16.4. The first-order valence-electron chi connectivity index (χ1n) is 6.85. The second kappa shape index (κ2) is 7.85. The Morgan fingerprint density at radius 1 is 1.32 bits per heavy atom. The Hall–Kier alpha value is -0.610. The summed E-state index contributed by atoms with van der Waals surface area (Å²) in [5.74, 6) is 0. The summed E-state index contributed by atoms with van der Waals surface area (Å²) in [6.45, 7) is 7.34. The number of aliphatic hydroxyl groups excluding tert-OH is 1. The molecule has 0 heterocycles. The number of hydrogen-bond acceptors (Lipinski definition) is 3. The maximum absolute atomic E-state index is 9.05. The zero-order chi connectivity index (χ0) is 14.4. The number of nitrogens with two attached hydrogens (primary N) is 1. The van der Waals surface area contributed by atoms with Crippen LogP contribution < -0.4 is 5.73 Å². The molecule has 0 amide bonds. The Kier molecular flexibility index (Phi) is 6.80. The lowest BCUT2D eigenvalue weighted by Gasteiger charge is -2.37. The van der Waals surface area contributed by atoms with Crippen molar-refractivity contribution in [1.29, 1.82) is 0 Å². The molecule has 1 aromatic rings. The quantitative estimate of drug-likeness (QED) is 0.809. The molecule has 2 atom stereocenters. The van der Waals surface area contributed by atoms with Crippen molar-refractivity contribution in [2.45, 2.75) is 45.3 Å². The number of nitrogens with zero attached hydrogens (tertiary/aromatic N) is 1. The van der Waals surface area contributed by atoms with E-state index in [9.17, 15) is 0 Å². The lowest BCUT2D eigenvalue weighted by Crippen LogP contribution is -2.43. The molecular formula is C15H25ClN2O. The molecule has 0 fully saturated rings. The van der Waals surface area contributed by atoms with Crippen LogP contribution >= 0.6 is 11.6 Å². The topological polar surface area (TPSA) is 49.5 Å². The van der Waals surface area contributed by atoms with E-state index in [2.05, 4.69) is 24.8 Å². The molecule has 0 saturated carbocycles. The molecule has 3 nitrogen and oxygen atoms in total. The second-order valence-corrected chi connectivity index (χ2v) is 5.70. The molecule has 0 bridgehead atoms. The SMILES string of the molecule is CC(N)C(c1cccc(Cl)c1)N(CCCO)C(C)C. The Balaban J connectivity index is 3.03. The van der Waals surface area contributed by atoms with E-state index in [4.69, 9.17) is 22.4 Å². The summed E-state index contributed by atoms with van der Waals surface area (Å²) in [7, 11) is 0. The molecule has 108 valence electrons. The van der Waals surface area contributed by atoms with Gasteiger partial charge in [-0.25, -0.2) is 0 Å². The van der Waals surface area contributed by atoms with Gasteiger partial charge < -0.3 is 10.8 Å². The first-order chi connectivity index (χ1) is 8.97. The van der Waals surface area contributed by atoms with Crippen molar-refractivity contribution in [2.75, 3.05) is 13.2 Å². The molecule has 0 saturated heterocycles. The molecule has 19 heavy (non-hydrogen) atoms. The van der Waals surface area contributed by atoms with Crippen molar-refractivity contribution in [2.24, 2.45) is 5.73 Å². The average molecular weight is 285 g/mol. The van der Waals surface area contributed by atoms with Crippen LogP contribution in [0.15, 0.2) is 24.3 Å². The number of halogens is 1. The van der Waals surface area contributed by atoms with E-state index in [-0.39, 0.29) is 18.7 Å². The van der Waals surface area contributed by atoms with Crippen molar-refractivity contribution >= 4 is 11.6 Å². The van der Waals surface area contributed by atoms with E-state index in [0.29, 0.717) is 6.04 Å². The highest BCUT2D eigenvalue weighted by atomic mass is 35.5. The van der Waals surface area contributed by atoms with E-state index in [1.165, 1.54) is 0 Å². The van der Waals surface area contributed by atoms with Crippen LogP contribution in [0.25, 0.3) is 0 Å². The third-order valence-electron chi connectivity index (χ3n) is 3.28. The molecule has 4 heteroatoms. The number of rotatable bonds is 7. The van der Waals surface area contributed by atoms with Crippen LogP contribution in [0.3, 0.4) is 0 Å². The Labute approximate surface area is 121 Å². The van der Waals surface area contributed by atoms with Gasteiger partial charge in [-0.3, -0.25) is 4.90 Å². The molecular weight excluding hydrogens is 260 g/mol. The van der Waals surface area contributed by atoms with E-state index >= 15 is 0 Å². The van der Waals surface area contributed by atoms with Crippen LogP contribution in [0, 0.1) is 0 Å². The van der Waals surface area contributed by atoms with E-state index < -0.39 is 0 Å². The monoisotopic (exact) mass is 284 g/mol. The summed E-state index contributed by atoms with van der Waals surface area (Å²) in [4.78, 5) is 2.33. The fourth-order valence-electron chi connectivity index (χ4n) is 2.46. The maximum Gasteiger partial charge on any atom is 0.0499 e. The molecule has 0 aromatic heterocycles. The molecule has 0 aliphatic carbocycles. The minimum absolute atomic E-state index is 0.000408. The van der Waals surface area contributed by atoms with Gasteiger partial charge in [0.05, 0.1) is 0 Å². The molecule has 0 radical (unpaired) electrons. The summed E-state index contributed by atoms with van der Waals surface area (Å²) in [5, 5.41) is 9.78. The highest BCUT2D eigenvalue weighted by Gasteiger charge is 2.25. The normalized spacial score (nSPS) is 14.9. The number of aliphatic hydroxyl groups is 1. The largest absolute Gasteiger partial charge is 0.396 e. The Morgan fingerprint density at radius 2 is 2.00 bits per heavy atom. The van der Waals surface area contributed by atoms with Gasteiger partial charge in [-0.2, -0.15) is 0 Å². The molecule has 1 aromatic carbocycles. The minimum Gasteiger partial charge on any atom is -0.396 e. The van der Waals surface area contributed by atoms with Crippen LogP contribution in [0.1, 0.15) is 38.8 Å². The van der Waals surface area contributed by atoms with E-state index in [1.807, 2.05) is 25.1 Å². The molecule has 0 aliphatic rings. The average Bonchev–Trinajstić information content (AvgIpc) is 2.33. The predicted molar refractivity (Wildman–Crippen MR) is 81.4 cm³/mol. The van der Waals surface area contributed by atoms with Crippen LogP contribution in [-0.4, -0.2) is 35.2 Å². The number of hydrogen-bond donors (Lipinski definition) is 2. The zero-order valence-corrected chi connectivity index (χ0v) is 12.8. The van der Waals surface area contributed by atoms with Crippen molar-refractivity contribution in [3.05, 3.63) is 34.9 Å². The summed E-state index contributed by atoms with van der Waals surface area (Å²) in [5.41, 5.74) is 7.32. The fourth-order valence-corrected chi connectivity index (χ4v) is 2.66. The minimum atomic E-state index is -0.000408. The van der Waals surface area contributed by atoms with Crippen molar-refractivity contribution in [1.82, 2.24) is 4.90 Å². The zero-order valence-electron chi connectivity index (χ0n) is 12.0. The lowest BCUT2D eigenvalue weighted by molar-refractivity contribution is 0.123. The molecule has 1 rings (SSSR count). The Morgan fingerprint density at radius 3 is 2.47 bits per heavy atom. The summed E-state index contributed by atoms with van der Waals surface area (Å²) >= 11 is 6.08. The smallest absolute Gasteiger partial charge is 0.0499 e. The lowest BCUT2D eigenvalue weighted by atomic mass is 9.97. The van der Waals surface area contributed by atoms with Gasteiger partial charge in [0.1, 0.15) is 0 Å². The van der Waals surface area contributed by atoms with Crippen molar-refractivity contribution in [3.8, 4) is 0 Å². The third-order valence-corrected chi connectivity index (χ3v) is 3.52. The number of benzene rings is 1. The predicted octanol–water partition coefficient (Wildman–Crippen LogP) is 2.82. The molecule has 0 spiro atoms. The van der Waals surface area contributed by atoms with Gasteiger partial charge in [0, 0.05) is 36.3 Å². The van der Waals surface area contributed by atoms with Crippen molar-refractivity contribution in [3.63, 3.8) is 0 Å². The van der Waals surface area contributed by atoms with Crippen LogP contribution in [0.2, 0.25) is 5.02 Å². The standard InChI is InChI=1S/C15H25ClN2O/c1-11(2)18(8-5-9-19)15(12(3)17)13-6-4-7-14(16)10-13/h4,6-7,10-12,15,19H,5,8-9,17H2,1-3H3. The summed E-state index contributed by atoms with van der Waals surface area (Å²) < 4.78 is 0. The van der Waals surface area contributed by atoms with Crippen LogP contribution in [0.5, 0.6) is 0 Å². The van der Waals surface area contributed by atoms with Gasteiger partial charge in [-0.15, -0.1) is 0 Å². The fraction of sp³-hybridized carbons (Fsp3) is 0.600. The van der Waals surface area contributed by atoms with E-state index in [0.717, 1.165) is 23.6 Å². The van der Waals surface area contributed by atoms with Crippen LogP contribution in [0.4, 0.5) is 0 Å². The van der Waals surface area contributed by atoms with Gasteiger partial charge in [0.25, 0.3) is 0 Å². The summed E-state index contributed by atoms with van der Waals surface area (Å²) in [6.07, 6.45) is 0.752. The maximum atomic E-state index is 9.05. The molecule has 2 unspecified atom stereocenters. The van der Waals surface area contributed by atoms with E-state index in [1.54, 1.807) is 0 Å². The van der Waals surface area contributed by atoms with Gasteiger partial charge in [-0.05, 0) is 44.9 Å². The first-order valence-corrected chi connectivity index (χ1v) is 7.22. The third kappa shape index (κ3) is 4.77. The molecule has 0 aliphatic heterocycles. The highest BCUT2D eigenvalue weighted by molar-refractivity contribution is 6.30. The van der Waals surface area contributed by atoms with Gasteiger partial charge in [-0.1, -0.05) is 23.7 Å². The van der Waals surface area contributed by atoms with Gasteiger partial charge in [0.2, 0.25) is 0 Å².